The summed E-state index contributed by atoms with van der Waals surface area (Å²) in [5.74, 6) is 0.484. The van der Waals surface area contributed by atoms with E-state index in [1.807, 2.05) is 0 Å². The minimum atomic E-state index is -0.0660. The van der Waals surface area contributed by atoms with Crippen molar-refractivity contribution in [3.63, 3.8) is 0 Å². The lowest BCUT2D eigenvalue weighted by Crippen LogP contribution is -1.81. The Bertz CT molecular complexity index is 750. The normalized spacial score (nSPS) is 10.6. The predicted octanol–water partition coefficient (Wildman–Crippen LogP) is 2.52. The van der Waals surface area contributed by atoms with Crippen molar-refractivity contribution in [2.24, 2.45) is 0 Å². The first-order valence-electron chi connectivity index (χ1n) is 5.79. The van der Waals surface area contributed by atoms with Gasteiger partial charge in [0.05, 0.1) is 5.56 Å². The molecule has 2 aromatic carbocycles. The van der Waals surface area contributed by atoms with Gasteiger partial charge in [-0.25, -0.2) is 0 Å². The number of phenolic OH excluding ortho intramolecular Hbond substituents is 3. The summed E-state index contributed by atoms with van der Waals surface area (Å²) in [4.78, 5) is 4.15. The van der Waals surface area contributed by atoms with Crippen LogP contribution in [0.25, 0.3) is 22.8 Å². The zero-order valence-corrected chi connectivity index (χ0v) is 10.2. The van der Waals surface area contributed by atoms with E-state index in [-0.39, 0.29) is 28.7 Å². The third-order valence-electron chi connectivity index (χ3n) is 2.76. The van der Waals surface area contributed by atoms with Gasteiger partial charge in [0.2, 0.25) is 5.82 Å². The number of phenols is 3. The van der Waals surface area contributed by atoms with Gasteiger partial charge < -0.3 is 19.8 Å². The maximum atomic E-state index is 9.73. The SMILES string of the molecule is Oc1ccc(-c2noc(-c3cc(O)ccc3O)n2)cc1. The van der Waals surface area contributed by atoms with E-state index in [1.165, 1.54) is 30.3 Å². The Hall–Kier alpha value is -3.02. The van der Waals surface area contributed by atoms with Gasteiger partial charge in [0.25, 0.3) is 5.89 Å². The highest BCUT2D eigenvalue weighted by molar-refractivity contribution is 5.66. The Labute approximate surface area is 113 Å². The number of rotatable bonds is 2. The van der Waals surface area contributed by atoms with Gasteiger partial charge in [-0.1, -0.05) is 5.16 Å². The fourth-order valence-corrected chi connectivity index (χ4v) is 1.76. The fraction of sp³-hybridized carbons (Fsp3) is 0. The first-order chi connectivity index (χ1) is 9.63. The average molecular weight is 270 g/mol. The molecule has 0 unspecified atom stereocenters. The Kier molecular flexibility index (Phi) is 2.76. The molecule has 0 saturated carbocycles. The summed E-state index contributed by atoms with van der Waals surface area (Å²) in [6.45, 7) is 0. The van der Waals surface area contributed by atoms with Gasteiger partial charge in [0, 0.05) is 5.56 Å². The molecule has 0 aliphatic carbocycles. The molecule has 3 N–H and O–H groups in total. The molecule has 1 heterocycles. The van der Waals surface area contributed by atoms with Crippen molar-refractivity contribution in [2.45, 2.75) is 0 Å². The lowest BCUT2D eigenvalue weighted by molar-refractivity contribution is 0.423. The van der Waals surface area contributed by atoms with Crippen molar-refractivity contribution in [3.05, 3.63) is 42.5 Å². The molecule has 6 heteroatoms. The van der Waals surface area contributed by atoms with Crippen molar-refractivity contribution in [3.8, 4) is 40.1 Å². The van der Waals surface area contributed by atoms with E-state index >= 15 is 0 Å². The van der Waals surface area contributed by atoms with E-state index in [4.69, 9.17) is 4.52 Å². The molecule has 0 radical (unpaired) electrons. The third kappa shape index (κ3) is 2.14. The first-order valence-corrected chi connectivity index (χ1v) is 5.79. The second-order valence-electron chi connectivity index (χ2n) is 4.17. The third-order valence-corrected chi connectivity index (χ3v) is 2.76. The summed E-state index contributed by atoms with van der Waals surface area (Å²) in [5.41, 5.74) is 0.917. The van der Waals surface area contributed by atoms with Crippen LogP contribution in [0.5, 0.6) is 17.2 Å². The van der Waals surface area contributed by atoms with E-state index in [0.29, 0.717) is 11.4 Å². The second kappa shape index (κ2) is 4.58. The Morgan fingerprint density at radius 1 is 0.850 bits per heavy atom. The van der Waals surface area contributed by atoms with E-state index < -0.39 is 0 Å². The average Bonchev–Trinajstić information content (AvgIpc) is 2.92. The Morgan fingerprint density at radius 3 is 2.30 bits per heavy atom. The minimum absolute atomic E-state index is 0.0119. The molecule has 0 aliphatic heterocycles. The van der Waals surface area contributed by atoms with Crippen LogP contribution in [0, 0.1) is 0 Å². The van der Waals surface area contributed by atoms with Gasteiger partial charge in [-0.2, -0.15) is 4.98 Å². The van der Waals surface area contributed by atoms with Crippen molar-refractivity contribution in [1.82, 2.24) is 10.1 Å². The summed E-state index contributed by atoms with van der Waals surface area (Å²) >= 11 is 0. The van der Waals surface area contributed by atoms with Crippen LogP contribution in [0.15, 0.2) is 47.0 Å². The highest BCUT2D eigenvalue weighted by Gasteiger charge is 2.14. The van der Waals surface area contributed by atoms with Gasteiger partial charge in [-0.3, -0.25) is 0 Å². The molecule has 3 aromatic rings. The van der Waals surface area contributed by atoms with Crippen molar-refractivity contribution in [2.75, 3.05) is 0 Å². The van der Waals surface area contributed by atoms with Gasteiger partial charge in [-0.05, 0) is 42.5 Å². The summed E-state index contributed by atoms with van der Waals surface area (Å²) in [7, 11) is 0. The Balaban J connectivity index is 2.01. The number of aromatic hydroxyl groups is 3. The minimum Gasteiger partial charge on any atom is -0.508 e. The molecule has 0 atom stereocenters. The molecule has 0 amide bonds. The van der Waals surface area contributed by atoms with Gasteiger partial charge in [-0.15, -0.1) is 0 Å². The number of benzene rings is 2. The van der Waals surface area contributed by atoms with E-state index in [9.17, 15) is 15.3 Å². The standard InChI is InChI=1S/C14H10N2O4/c17-9-3-1-8(2-4-9)13-15-14(20-16-13)11-7-10(18)5-6-12(11)19/h1-7,17-19H. The summed E-state index contributed by atoms with van der Waals surface area (Å²) in [5, 5.41) is 32.2. The fourth-order valence-electron chi connectivity index (χ4n) is 1.76. The van der Waals surface area contributed by atoms with Crippen molar-refractivity contribution in [1.29, 1.82) is 0 Å². The monoisotopic (exact) mass is 270 g/mol. The van der Waals surface area contributed by atoms with E-state index in [0.717, 1.165) is 0 Å². The molecular weight excluding hydrogens is 260 g/mol. The maximum Gasteiger partial charge on any atom is 0.262 e. The molecule has 1 aromatic heterocycles. The first kappa shape index (κ1) is 12.0. The van der Waals surface area contributed by atoms with Crippen LogP contribution in [-0.2, 0) is 0 Å². The zero-order chi connectivity index (χ0) is 14.1. The van der Waals surface area contributed by atoms with Crippen LogP contribution in [-0.4, -0.2) is 25.5 Å². The van der Waals surface area contributed by atoms with Crippen LogP contribution >= 0.6 is 0 Å². The van der Waals surface area contributed by atoms with Crippen LogP contribution < -0.4 is 0 Å². The molecule has 100 valence electrons. The van der Waals surface area contributed by atoms with E-state index in [2.05, 4.69) is 10.1 Å². The predicted molar refractivity (Wildman–Crippen MR) is 70.2 cm³/mol. The van der Waals surface area contributed by atoms with Gasteiger partial charge in [0.15, 0.2) is 0 Å². The zero-order valence-electron chi connectivity index (χ0n) is 10.2. The van der Waals surface area contributed by atoms with Crippen LogP contribution in [0.2, 0.25) is 0 Å². The van der Waals surface area contributed by atoms with Crippen molar-refractivity contribution >= 4 is 0 Å². The lowest BCUT2D eigenvalue weighted by Gasteiger charge is -1.99. The largest absolute Gasteiger partial charge is 0.508 e. The van der Waals surface area contributed by atoms with Crippen molar-refractivity contribution < 1.29 is 19.8 Å². The summed E-state index contributed by atoms with van der Waals surface area (Å²) in [6.07, 6.45) is 0. The lowest BCUT2D eigenvalue weighted by atomic mass is 10.2. The quantitative estimate of drug-likeness (QED) is 0.619. The molecule has 0 saturated heterocycles. The summed E-state index contributed by atoms with van der Waals surface area (Å²) in [6, 6.07) is 10.3. The van der Waals surface area contributed by atoms with Gasteiger partial charge >= 0.3 is 0 Å². The Morgan fingerprint density at radius 2 is 1.55 bits per heavy atom. The molecule has 0 aliphatic rings. The molecule has 3 rings (SSSR count). The topological polar surface area (TPSA) is 99.6 Å². The van der Waals surface area contributed by atoms with Crippen LogP contribution in [0.1, 0.15) is 0 Å². The number of hydrogen-bond donors (Lipinski definition) is 3. The second-order valence-corrected chi connectivity index (χ2v) is 4.17. The smallest absolute Gasteiger partial charge is 0.262 e. The molecule has 0 bridgehead atoms. The summed E-state index contributed by atoms with van der Waals surface area (Å²) < 4.78 is 5.08. The highest BCUT2D eigenvalue weighted by Crippen LogP contribution is 2.32. The molecular formula is C14H10N2O4. The maximum absolute atomic E-state index is 9.73. The molecule has 20 heavy (non-hydrogen) atoms. The number of nitrogens with zero attached hydrogens (tertiary/aromatic N) is 2. The molecule has 0 spiro atoms. The molecule has 0 fully saturated rings. The van der Waals surface area contributed by atoms with Crippen LogP contribution in [0.3, 0.4) is 0 Å². The number of hydrogen-bond acceptors (Lipinski definition) is 6. The molecule has 6 nitrogen and oxygen atoms in total. The van der Waals surface area contributed by atoms with E-state index in [1.54, 1.807) is 12.1 Å². The highest BCUT2D eigenvalue weighted by atomic mass is 16.5. The number of aromatic nitrogens is 2. The van der Waals surface area contributed by atoms with Crippen LogP contribution in [0.4, 0.5) is 0 Å². The van der Waals surface area contributed by atoms with Gasteiger partial charge in [0.1, 0.15) is 17.2 Å².